The summed E-state index contributed by atoms with van der Waals surface area (Å²) in [4.78, 5) is 11.4. The minimum Gasteiger partial charge on any atom is -0.356 e. The summed E-state index contributed by atoms with van der Waals surface area (Å²) in [7, 11) is 0. The highest BCUT2D eigenvalue weighted by Gasteiger charge is 2.21. The minimum atomic E-state index is 0.216. The lowest BCUT2D eigenvalue weighted by Crippen LogP contribution is -2.42. The molecule has 4 heteroatoms. The highest BCUT2D eigenvalue weighted by Crippen LogP contribution is 2.18. The zero-order chi connectivity index (χ0) is 10.5. The Kier molecular flexibility index (Phi) is 4.32. The van der Waals surface area contributed by atoms with Crippen molar-refractivity contribution in [2.24, 2.45) is 0 Å². The van der Waals surface area contributed by atoms with Crippen LogP contribution in [0.15, 0.2) is 0 Å². The van der Waals surface area contributed by atoms with Gasteiger partial charge < -0.3 is 10.6 Å². The van der Waals surface area contributed by atoms with Crippen LogP contribution in [0.2, 0.25) is 0 Å². The first-order valence-electron chi connectivity index (χ1n) is 5.95. The maximum Gasteiger partial charge on any atom is 0.221 e. The monoisotopic (exact) mass is 228 g/mol. The third-order valence-electron chi connectivity index (χ3n) is 3.12. The SMILES string of the molecule is O=C1CC(NC2CCCSC2)CCCN1. The molecule has 2 atom stereocenters. The molecule has 2 unspecified atom stereocenters. The molecule has 2 N–H and O–H groups in total. The van der Waals surface area contributed by atoms with E-state index in [9.17, 15) is 4.79 Å². The molecule has 0 aromatic carbocycles. The maximum absolute atomic E-state index is 11.4. The van der Waals surface area contributed by atoms with Crippen molar-refractivity contribution in [2.75, 3.05) is 18.1 Å². The summed E-state index contributed by atoms with van der Waals surface area (Å²) < 4.78 is 0. The molecule has 2 aliphatic heterocycles. The molecular weight excluding hydrogens is 208 g/mol. The third-order valence-corrected chi connectivity index (χ3v) is 4.33. The highest BCUT2D eigenvalue weighted by molar-refractivity contribution is 7.99. The molecule has 2 aliphatic rings. The van der Waals surface area contributed by atoms with E-state index in [0.29, 0.717) is 18.5 Å². The largest absolute Gasteiger partial charge is 0.356 e. The normalized spacial score (nSPS) is 33.2. The van der Waals surface area contributed by atoms with Gasteiger partial charge in [0.05, 0.1) is 0 Å². The zero-order valence-electron chi connectivity index (χ0n) is 9.13. The number of hydrogen-bond donors (Lipinski definition) is 2. The summed E-state index contributed by atoms with van der Waals surface area (Å²) in [6, 6.07) is 1.05. The third kappa shape index (κ3) is 3.68. The molecule has 0 bridgehead atoms. The summed E-state index contributed by atoms with van der Waals surface area (Å²) >= 11 is 2.03. The summed E-state index contributed by atoms with van der Waals surface area (Å²) in [6.45, 7) is 0.858. The number of hydrogen-bond acceptors (Lipinski definition) is 3. The molecule has 0 aromatic heterocycles. The average molecular weight is 228 g/mol. The summed E-state index contributed by atoms with van der Waals surface area (Å²) in [6.07, 6.45) is 5.52. The number of rotatable bonds is 2. The Morgan fingerprint density at radius 2 is 2.13 bits per heavy atom. The molecule has 0 saturated carbocycles. The first kappa shape index (κ1) is 11.3. The van der Waals surface area contributed by atoms with Crippen molar-refractivity contribution >= 4 is 17.7 Å². The van der Waals surface area contributed by atoms with Crippen molar-refractivity contribution in [1.29, 1.82) is 0 Å². The van der Waals surface area contributed by atoms with Gasteiger partial charge in [0.2, 0.25) is 5.91 Å². The second kappa shape index (κ2) is 5.75. The van der Waals surface area contributed by atoms with E-state index in [2.05, 4.69) is 10.6 Å². The second-order valence-electron chi connectivity index (χ2n) is 4.47. The fourth-order valence-electron chi connectivity index (χ4n) is 2.32. The van der Waals surface area contributed by atoms with Crippen LogP contribution in [0.4, 0.5) is 0 Å². The van der Waals surface area contributed by atoms with Crippen LogP contribution in [-0.2, 0) is 4.79 Å². The van der Waals surface area contributed by atoms with Gasteiger partial charge in [-0.2, -0.15) is 11.8 Å². The Hall–Kier alpha value is -0.220. The number of carbonyl (C=O) groups excluding carboxylic acids is 1. The van der Waals surface area contributed by atoms with Gasteiger partial charge in [0.25, 0.3) is 0 Å². The molecule has 0 radical (unpaired) electrons. The van der Waals surface area contributed by atoms with Crippen LogP contribution in [0.25, 0.3) is 0 Å². The lowest BCUT2D eigenvalue weighted by Gasteiger charge is -2.27. The van der Waals surface area contributed by atoms with Gasteiger partial charge in [-0.15, -0.1) is 0 Å². The molecule has 2 saturated heterocycles. The molecule has 2 rings (SSSR count). The van der Waals surface area contributed by atoms with E-state index in [-0.39, 0.29) is 5.91 Å². The van der Waals surface area contributed by atoms with Crippen LogP contribution in [0.3, 0.4) is 0 Å². The molecule has 1 amide bonds. The molecule has 86 valence electrons. The van der Waals surface area contributed by atoms with Crippen LogP contribution in [0.1, 0.15) is 32.1 Å². The molecule has 15 heavy (non-hydrogen) atoms. The summed E-state index contributed by atoms with van der Waals surface area (Å²) in [5.41, 5.74) is 0. The molecule has 3 nitrogen and oxygen atoms in total. The molecule has 0 aromatic rings. The fraction of sp³-hybridized carbons (Fsp3) is 0.909. The topological polar surface area (TPSA) is 41.1 Å². The fourth-order valence-corrected chi connectivity index (χ4v) is 3.41. The van der Waals surface area contributed by atoms with Gasteiger partial charge in [-0.25, -0.2) is 0 Å². The Morgan fingerprint density at radius 1 is 1.27 bits per heavy atom. The Labute approximate surface area is 95.8 Å². The van der Waals surface area contributed by atoms with Gasteiger partial charge in [0.15, 0.2) is 0 Å². The quantitative estimate of drug-likeness (QED) is 0.745. The van der Waals surface area contributed by atoms with E-state index in [0.717, 1.165) is 19.4 Å². The van der Waals surface area contributed by atoms with Crippen LogP contribution >= 0.6 is 11.8 Å². The number of carbonyl (C=O) groups is 1. The van der Waals surface area contributed by atoms with Gasteiger partial charge >= 0.3 is 0 Å². The number of thioether (sulfide) groups is 1. The van der Waals surface area contributed by atoms with E-state index in [4.69, 9.17) is 0 Å². The summed E-state index contributed by atoms with van der Waals surface area (Å²) in [5.74, 6) is 2.75. The van der Waals surface area contributed by atoms with E-state index in [1.807, 2.05) is 11.8 Å². The standard InChI is InChI=1S/C11H20N2OS/c14-11-7-9(3-1-5-12-11)13-10-4-2-6-15-8-10/h9-10,13H,1-8H2,(H,12,14). The molecule has 0 aliphatic carbocycles. The van der Waals surface area contributed by atoms with Crippen LogP contribution < -0.4 is 10.6 Å². The van der Waals surface area contributed by atoms with E-state index in [1.54, 1.807) is 0 Å². The first-order valence-corrected chi connectivity index (χ1v) is 7.10. The molecule has 2 fully saturated rings. The van der Waals surface area contributed by atoms with Gasteiger partial charge in [-0.3, -0.25) is 4.79 Å². The predicted molar refractivity (Wildman–Crippen MR) is 64.1 cm³/mol. The van der Waals surface area contributed by atoms with Crippen molar-refractivity contribution in [1.82, 2.24) is 10.6 Å². The van der Waals surface area contributed by atoms with E-state index >= 15 is 0 Å². The van der Waals surface area contributed by atoms with Crippen LogP contribution in [0.5, 0.6) is 0 Å². The first-order chi connectivity index (χ1) is 7.34. The molecule has 2 heterocycles. The van der Waals surface area contributed by atoms with Crippen molar-refractivity contribution in [3.8, 4) is 0 Å². The lowest BCUT2D eigenvalue weighted by molar-refractivity contribution is -0.121. The lowest BCUT2D eigenvalue weighted by atomic mass is 10.1. The Morgan fingerprint density at radius 3 is 2.93 bits per heavy atom. The average Bonchev–Trinajstić information content (AvgIpc) is 2.44. The number of amides is 1. The molecule has 0 spiro atoms. The van der Waals surface area contributed by atoms with Crippen molar-refractivity contribution < 1.29 is 4.79 Å². The van der Waals surface area contributed by atoms with Gasteiger partial charge in [-0.05, 0) is 31.4 Å². The number of nitrogens with one attached hydrogen (secondary N) is 2. The zero-order valence-corrected chi connectivity index (χ0v) is 9.94. The smallest absolute Gasteiger partial charge is 0.221 e. The van der Waals surface area contributed by atoms with E-state index in [1.165, 1.54) is 24.3 Å². The van der Waals surface area contributed by atoms with Crippen molar-refractivity contribution in [3.63, 3.8) is 0 Å². The second-order valence-corrected chi connectivity index (χ2v) is 5.62. The minimum absolute atomic E-state index is 0.216. The van der Waals surface area contributed by atoms with E-state index < -0.39 is 0 Å². The maximum atomic E-state index is 11.4. The van der Waals surface area contributed by atoms with Crippen molar-refractivity contribution in [2.45, 2.75) is 44.2 Å². The highest BCUT2D eigenvalue weighted by atomic mass is 32.2. The predicted octanol–water partition coefficient (Wildman–Crippen LogP) is 1.14. The van der Waals surface area contributed by atoms with Crippen LogP contribution in [0, 0.1) is 0 Å². The Balaban J connectivity index is 1.78. The van der Waals surface area contributed by atoms with Gasteiger partial charge in [0.1, 0.15) is 0 Å². The van der Waals surface area contributed by atoms with Crippen LogP contribution in [-0.4, -0.2) is 36.0 Å². The van der Waals surface area contributed by atoms with Gasteiger partial charge in [0, 0.05) is 30.8 Å². The van der Waals surface area contributed by atoms with Gasteiger partial charge in [-0.1, -0.05) is 0 Å². The van der Waals surface area contributed by atoms with Crippen molar-refractivity contribution in [3.05, 3.63) is 0 Å². The summed E-state index contributed by atoms with van der Waals surface area (Å²) in [5, 5.41) is 6.57. The molecular formula is C11H20N2OS. The Bertz CT molecular complexity index is 217.